The fourth-order valence-electron chi connectivity index (χ4n) is 3.43. The Morgan fingerprint density at radius 1 is 1.10 bits per heavy atom. The molecule has 2 aromatic rings. The van der Waals surface area contributed by atoms with Gasteiger partial charge in [0.1, 0.15) is 6.04 Å². The third-order valence-electron chi connectivity index (χ3n) is 4.89. The van der Waals surface area contributed by atoms with Gasteiger partial charge in [-0.25, -0.2) is 0 Å². The highest BCUT2D eigenvalue weighted by Gasteiger charge is 2.31. The first-order valence-electron chi connectivity index (χ1n) is 9.64. The van der Waals surface area contributed by atoms with E-state index in [1.807, 2.05) is 77.7 Å². The molecule has 1 fully saturated rings. The lowest BCUT2D eigenvalue weighted by Crippen LogP contribution is -2.48. The zero-order chi connectivity index (χ0) is 20.6. The fraction of sp³-hybridized carbons (Fsp3) is 0.364. The van der Waals surface area contributed by atoms with Gasteiger partial charge in [-0.15, -0.1) is 11.8 Å². The molecule has 1 heterocycles. The number of benzene rings is 2. The normalized spacial score (nSPS) is 15.2. The van der Waals surface area contributed by atoms with Gasteiger partial charge in [-0.1, -0.05) is 42.5 Å². The Kier molecular flexibility index (Phi) is 7.69. The van der Waals surface area contributed by atoms with E-state index in [0.29, 0.717) is 26.3 Å². The summed E-state index contributed by atoms with van der Waals surface area (Å²) in [6.45, 7) is 2.34. The molecule has 1 aliphatic rings. The van der Waals surface area contributed by atoms with E-state index in [1.54, 1.807) is 11.8 Å². The van der Waals surface area contributed by atoms with Crippen molar-refractivity contribution < 1.29 is 14.3 Å². The van der Waals surface area contributed by atoms with Crippen LogP contribution in [0.3, 0.4) is 0 Å². The second kappa shape index (κ2) is 10.4. The number of nitrogens with one attached hydrogen (secondary N) is 1. The van der Waals surface area contributed by atoms with Gasteiger partial charge in [0.2, 0.25) is 11.8 Å². The molecule has 1 atom stereocenters. The van der Waals surface area contributed by atoms with Crippen molar-refractivity contribution in [1.82, 2.24) is 9.80 Å². The number of rotatable bonds is 7. The number of hydrogen-bond acceptors (Lipinski definition) is 5. The third kappa shape index (κ3) is 5.59. The molecule has 0 aliphatic carbocycles. The molecule has 0 spiro atoms. The molecule has 2 aromatic carbocycles. The number of para-hydroxylation sites is 1. The maximum atomic E-state index is 13.3. The highest BCUT2D eigenvalue weighted by Crippen LogP contribution is 2.26. The molecule has 1 aliphatic heterocycles. The van der Waals surface area contributed by atoms with E-state index in [2.05, 4.69) is 5.32 Å². The van der Waals surface area contributed by atoms with Crippen molar-refractivity contribution in [2.24, 2.45) is 0 Å². The van der Waals surface area contributed by atoms with Gasteiger partial charge in [-0.3, -0.25) is 14.5 Å². The van der Waals surface area contributed by atoms with E-state index in [0.717, 1.165) is 16.1 Å². The molecule has 0 bridgehead atoms. The molecule has 0 saturated carbocycles. The fourth-order valence-corrected chi connectivity index (χ4v) is 3.99. The molecular formula is C22H27N3O3S. The summed E-state index contributed by atoms with van der Waals surface area (Å²) in [5.41, 5.74) is 1.66. The minimum atomic E-state index is -0.518. The second-order valence-corrected chi connectivity index (χ2v) is 7.76. The topological polar surface area (TPSA) is 61.9 Å². The lowest BCUT2D eigenvalue weighted by molar-refractivity contribution is -0.141. The monoisotopic (exact) mass is 413 g/mol. The number of hydrogen-bond donors (Lipinski definition) is 1. The first-order chi connectivity index (χ1) is 14.1. The van der Waals surface area contributed by atoms with Crippen LogP contribution in [0.4, 0.5) is 5.69 Å². The van der Waals surface area contributed by atoms with Crippen molar-refractivity contribution in [3.63, 3.8) is 0 Å². The molecule has 0 unspecified atom stereocenters. The summed E-state index contributed by atoms with van der Waals surface area (Å²) in [6, 6.07) is 16.8. The zero-order valence-corrected chi connectivity index (χ0v) is 17.7. The molecule has 0 radical (unpaired) electrons. The molecule has 0 aromatic heterocycles. The number of ether oxygens (including phenoxy) is 1. The summed E-state index contributed by atoms with van der Waals surface area (Å²) < 4.78 is 5.37. The SMILES string of the molecule is CSc1ccccc1NC(=O)CN(C)[C@@H](C(=O)N1CCOCC1)c1ccccc1. The molecule has 1 saturated heterocycles. The van der Waals surface area contributed by atoms with E-state index in [-0.39, 0.29) is 18.4 Å². The van der Waals surface area contributed by atoms with Crippen LogP contribution < -0.4 is 5.32 Å². The van der Waals surface area contributed by atoms with Crippen LogP contribution in [0.2, 0.25) is 0 Å². The van der Waals surface area contributed by atoms with Gasteiger partial charge in [0, 0.05) is 18.0 Å². The van der Waals surface area contributed by atoms with E-state index < -0.39 is 6.04 Å². The molecule has 154 valence electrons. The van der Waals surface area contributed by atoms with Crippen LogP contribution in [-0.4, -0.2) is 67.8 Å². The van der Waals surface area contributed by atoms with Crippen LogP contribution in [-0.2, 0) is 14.3 Å². The first-order valence-corrected chi connectivity index (χ1v) is 10.9. The number of carbonyl (C=O) groups excluding carboxylic acids is 2. The van der Waals surface area contributed by atoms with Crippen LogP contribution in [0.1, 0.15) is 11.6 Å². The van der Waals surface area contributed by atoms with Gasteiger partial charge in [0.15, 0.2) is 0 Å². The molecule has 29 heavy (non-hydrogen) atoms. The number of thioether (sulfide) groups is 1. The summed E-state index contributed by atoms with van der Waals surface area (Å²) in [5.74, 6) is -0.149. The van der Waals surface area contributed by atoms with Crippen LogP contribution in [0.15, 0.2) is 59.5 Å². The number of amides is 2. The van der Waals surface area contributed by atoms with Gasteiger partial charge in [0.05, 0.1) is 25.4 Å². The second-order valence-electron chi connectivity index (χ2n) is 6.91. The number of morpholine rings is 1. The van der Waals surface area contributed by atoms with Gasteiger partial charge in [-0.2, -0.15) is 0 Å². The number of anilines is 1. The predicted octanol–water partition coefficient (Wildman–Crippen LogP) is 2.88. The lowest BCUT2D eigenvalue weighted by atomic mass is 10.0. The van der Waals surface area contributed by atoms with Crippen molar-refractivity contribution in [3.8, 4) is 0 Å². The predicted molar refractivity (Wildman–Crippen MR) is 116 cm³/mol. The largest absolute Gasteiger partial charge is 0.378 e. The summed E-state index contributed by atoms with van der Waals surface area (Å²) in [6.07, 6.45) is 1.98. The zero-order valence-electron chi connectivity index (χ0n) is 16.8. The molecule has 6 nitrogen and oxygen atoms in total. The maximum absolute atomic E-state index is 13.3. The summed E-state index contributed by atoms with van der Waals surface area (Å²) in [5, 5.41) is 2.97. The first kappa shape index (κ1) is 21.4. The van der Waals surface area contributed by atoms with E-state index >= 15 is 0 Å². The van der Waals surface area contributed by atoms with Gasteiger partial charge >= 0.3 is 0 Å². The standard InChI is InChI=1S/C22H27N3O3S/c1-24(16-20(26)23-18-10-6-7-11-19(18)29-2)21(17-8-4-3-5-9-17)22(27)25-12-14-28-15-13-25/h3-11,21H,12-16H2,1-2H3,(H,23,26)/t21-/m1/s1. The third-order valence-corrected chi connectivity index (χ3v) is 5.68. The number of likely N-dealkylation sites (N-methyl/N-ethyl adjacent to an activating group) is 1. The van der Waals surface area contributed by atoms with Crippen molar-refractivity contribution in [1.29, 1.82) is 0 Å². The van der Waals surface area contributed by atoms with Gasteiger partial charge in [0.25, 0.3) is 0 Å². The molecule has 7 heteroatoms. The summed E-state index contributed by atoms with van der Waals surface area (Å²) in [4.78, 5) is 30.6. The van der Waals surface area contributed by atoms with E-state index in [9.17, 15) is 9.59 Å². The Balaban J connectivity index is 1.74. The molecule has 1 N–H and O–H groups in total. The Bertz CT molecular complexity index is 825. The van der Waals surface area contributed by atoms with Gasteiger partial charge in [-0.05, 0) is 31.0 Å². The average molecular weight is 414 g/mol. The number of nitrogens with zero attached hydrogens (tertiary/aromatic N) is 2. The van der Waals surface area contributed by atoms with Crippen molar-refractivity contribution in [3.05, 3.63) is 60.2 Å². The molecule has 3 rings (SSSR count). The van der Waals surface area contributed by atoms with Crippen LogP contribution in [0, 0.1) is 0 Å². The Morgan fingerprint density at radius 2 is 1.76 bits per heavy atom. The minimum absolute atomic E-state index is 0.000635. The van der Waals surface area contributed by atoms with Crippen molar-refractivity contribution in [2.45, 2.75) is 10.9 Å². The van der Waals surface area contributed by atoms with E-state index in [4.69, 9.17) is 4.74 Å². The van der Waals surface area contributed by atoms with Crippen LogP contribution in [0.25, 0.3) is 0 Å². The van der Waals surface area contributed by atoms with Crippen LogP contribution >= 0.6 is 11.8 Å². The highest BCUT2D eigenvalue weighted by molar-refractivity contribution is 7.98. The Hall–Kier alpha value is -2.35. The van der Waals surface area contributed by atoms with Crippen molar-refractivity contribution >= 4 is 29.3 Å². The number of carbonyl (C=O) groups is 2. The quantitative estimate of drug-likeness (QED) is 0.708. The summed E-state index contributed by atoms with van der Waals surface area (Å²) in [7, 11) is 1.82. The van der Waals surface area contributed by atoms with Crippen LogP contribution in [0.5, 0.6) is 0 Å². The molecule has 2 amide bonds. The van der Waals surface area contributed by atoms with Crippen molar-refractivity contribution in [2.75, 3.05) is 51.5 Å². The lowest BCUT2D eigenvalue weighted by Gasteiger charge is -2.34. The summed E-state index contributed by atoms with van der Waals surface area (Å²) >= 11 is 1.58. The Morgan fingerprint density at radius 3 is 2.45 bits per heavy atom. The smallest absolute Gasteiger partial charge is 0.244 e. The Labute approximate surface area is 176 Å². The maximum Gasteiger partial charge on any atom is 0.244 e. The minimum Gasteiger partial charge on any atom is -0.378 e. The van der Waals surface area contributed by atoms with Gasteiger partial charge < -0.3 is 15.0 Å². The van der Waals surface area contributed by atoms with E-state index in [1.165, 1.54) is 0 Å². The molecular weight excluding hydrogens is 386 g/mol. The highest BCUT2D eigenvalue weighted by atomic mass is 32.2. The average Bonchev–Trinajstić information content (AvgIpc) is 2.75.